The van der Waals surface area contributed by atoms with Crippen LogP contribution in [-0.4, -0.2) is 30.2 Å². The molecule has 2 heterocycles. The molecule has 0 aliphatic heterocycles. The highest BCUT2D eigenvalue weighted by molar-refractivity contribution is 8.00. The smallest absolute Gasteiger partial charge is 0.257 e. The molecule has 1 N–H and O–H groups in total. The molecular weight excluding hydrogens is 360 g/mol. The first-order chi connectivity index (χ1) is 11.6. The van der Waals surface area contributed by atoms with Crippen LogP contribution < -0.4 is 10.2 Å². The summed E-state index contributed by atoms with van der Waals surface area (Å²) in [6.07, 6.45) is 0. The van der Waals surface area contributed by atoms with Crippen molar-refractivity contribution >= 4 is 51.2 Å². The number of thiophene rings is 1. The van der Waals surface area contributed by atoms with Gasteiger partial charge in [0.25, 0.3) is 5.91 Å². The number of carbonyl (C=O) groups excluding carboxylic acids is 1. The largest absolute Gasteiger partial charge is 0.378 e. The number of benzene rings is 1. The highest BCUT2D eigenvalue weighted by atomic mass is 32.2. The second-order valence-electron chi connectivity index (χ2n) is 5.14. The molecule has 0 atom stereocenters. The van der Waals surface area contributed by atoms with Crippen molar-refractivity contribution in [3.05, 3.63) is 52.2 Å². The molecule has 0 saturated carbocycles. The Balaban J connectivity index is 1.58. The lowest BCUT2D eigenvalue weighted by atomic mass is 10.2. The molecule has 1 amide bonds. The van der Waals surface area contributed by atoms with Crippen LogP contribution in [0.25, 0.3) is 0 Å². The molecule has 5 nitrogen and oxygen atoms in total. The lowest BCUT2D eigenvalue weighted by Crippen LogP contribution is -2.13. The van der Waals surface area contributed by atoms with Gasteiger partial charge in [-0.1, -0.05) is 29.2 Å². The van der Waals surface area contributed by atoms with Crippen molar-refractivity contribution in [1.82, 2.24) is 10.2 Å². The predicted molar refractivity (Wildman–Crippen MR) is 103 cm³/mol. The Morgan fingerprint density at radius 1 is 1.21 bits per heavy atom. The van der Waals surface area contributed by atoms with Gasteiger partial charge < -0.3 is 4.90 Å². The fraction of sp³-hybridized carbons (Fsp3) is 0.188. The number of amides is 1. The summed E-state index contributed by atoms with van der Waals surface area (Å²) in [6, 6.07) is 11.6. The first-order valence-corrected chi connectivity index (χ1v) is 9.87. The first-order valence-electron chi connectivity index (χ1n) is 7.19. The monoisotopic (exact) mass is 376 g/mol. The lowest BCUT2D eigenvalue weighted by molar-refractivity contribution is 0.102. The number of aromatic nitrogens is 2. The van der Waals surface area contributed by atoms with Gasteiger partial charge >= 0.3 is 0 Å². The van der Waals surface area contributed by atoms with Gasteiger partial charge in [-0.2, -0.15) is 0 Å². The van der Waals surface area contributed by atoms with Crippen molar-refractivity contribution in [1.29, 1.82) is 0 Å². The van der Waals surface area contributed by atoms with Crippen molar-refractivity contribution in [2.24, 2.45) is 0 Å². The van der Waals surface area contributed by atoms with Crippen molar-refractivity contribution in [2.75, 3.05) is 24.3 Å². The van der Waals surface area contributed by atoms with E-state index in [1.165, 1.54) is 16.2 Å². The summed E-state index contributed by atoms with van der Waals surface area (Å²) < 4.78 is 0.849. The van der Waals surface area contributed by atoms with E-state index in [-0.39, 0.29) is 5.91 Å². The molecule has 1 aromatic carbocycles. The summed E-state index contributed by atoms with van der Waals surface area (Å²) in [5.41, 5.74) is 1.65. The minimum Gasteiger partial charge on any atom is -0.378 e. The molecule has 0 bridgehead atoms. The van der Waals surface area contributed by atoms with E-state index in [9.17, 15) is 4.79 Å². The van der Waals surface area contributed by atoms with Crippen molar-refractivity contribution < 1.29 is 4.79 Å². The third-order valence-corrected chi connectivity index (χ3v) is 6.27. The molecule has 0 unspecified atom stereocenters. The fourth-order valence-corrected chi connectivity index (χ4v) is 4.45. The number of nitrogens with one attached hydrogen (secondary N) is 1. The molecule has 24 heavy (non-hydrogen) atoms. The number of thioether (sulfide) groups is 1. The van der Waals surface area contributed by atoms with Gasteiger partial charge in [0.15, 0.2) is 4.34 Å². The van der Waals surface area contributed by atoms with Crippen LogP contribution in [0.15, 0.2) is 46.1 Å². The van der Waals surface area contributed by atoms with Crippen LogP contribution in [0, 0.1) is 0 Å². The van der Waals surface area contributed by atoms with Crippen LogP contribution in [0.1, 0.15) is 15.2 Å². The highest BCUT2D eigenvalue weighted by Gasteiger charge is 2.11. The Morgan fingerprint density at radius 2 is 2.00 bits per heavy atom. The van der Waals surface area contributed by atoms with E-state index in [0.717, 1.165) is 15.8 Å². The summed E-state index contributed by atoms with van der Waals surface area (Å²) in [5.74, 6) is 0.693. The SMILES string of the molecule is CN(C)c1ccc(C(=O)Nc2nnc(SCc3cccs3)s2)cc1. The van der Waals surface area contributed by atoms with Crippen LogP contribution in [-0.2, 0) is 5.75 Å². The molecule has 0 spiro atoms. The maximum atomic E-state index is 12.3. The van der Waals surface area contributed by atoms with Gasteiger partial charge in [-0.05, 0) is 35.7 Å². The number of rotatable bonds is 6. The summed E-state index contributed by atoms with van der Waals surface area (Å²) in [7, 11) is 3.93. The van der Waals surface area contributed by atoms with Gasteiger partial charge in [-0.15, -0.1) is 21.5 Å². The minimum absolute atomic E-state index is 0.175. The average molecular weight is 377 g/mol. The topological polar surface area (TPSA) is 58.1 Å². The summed E-state index contributed by atoms with van der Waals surface area (Å²) in [6.45, 7) is 0. The van der Waals surface area contributed by atoms with E-state index in [0.29, 0.717) is 10.7 Å². The molecule has 2 aromatic heterocycles. The maximum Gasteiger partial charge on any atom is 0.257 e. The minimum atomic E-state index is -0.175. The molecule has 8 heteroatoms. The van der Waals surface area contributed by atoms with E-state index in [4.69, 9.17) is 0 Å². The number of hydrogen-bond acceptors (Lipinski definition) is 7. The molecule has 3 rings (SSSR count). The van der Waals surface area contributed by atoms with E-state index < -0.39 is 0 Å². The summed E-state index contributed by atoms with van der Waals surface area (Å²) in [4.78, 5) is 15.5. The van der Waals surface area contributed by atoms with Crippen LogP contribution in [0.3, 0.4) is 0 Å². The molecular formula is C16H16N4OS3. The standard InChI is InChI=1S/C16H16N4OS3/c1-20(2)12-7-5-11(6-8-12)14(21)17-15-18-19-16(24-15)23-10-13-4-3-9-22-13/h3-9H,10H2,1-2H3,(H,17,18,21). The second kappa shape index (κ2) is 7.78. The number of anilines is 2. The number of carbonyl (C=O) groups is 1. The van der Waals surface area contributed by atoms with Gasteiger partial charge in [0.2, 0.25) is 5.13 Å². The van der Waals surface area contributed by atoms with E-state index in [1.807, 2.05) is 37.2 Å². The van der Waals surface area contributed by atoms with Crippen molar-refractivity contribution in [3.8, 4) is 0 Å². The van der Waals surface area contributed by atoms with Crippen LogP contribution in [0.5, 0.6) is 0 Å². The molecule has 0 radical (unpaired) electrons. The van der Waals surface area contributed by atoms with E-state index in [2.05, 4.69) is 27.0 Å². The molecule has 0 fully saturated rings. The molecule has 0 aliphatic rings. The summed E-state index contributed by atoms with van der Waals surface area (Å²) >= 11 is 4.74. The molecule has 124 valence electrons. The fourth-order valence-electron chi connectivity index (χ4n) is 1.93. The van der Waals surface area contributed by atoms with Gasteiger partial charge in [-0.3, -0.25) is 10.1 Å². The molecule has 3 aromatic rings. The highest BCUT2D eigenvalue weighted by Crippen LogP contribution is 2.29. The quantitative estimate of drug-likeness (QED) is 0.516. The zero-order valence-electron chi connectivity index (χ0n) is 13.2. The zero-order chi connectivity index (χ0) is 16.9. The Kier molecular flexibility index (Phi) is 5.49. The Bertz CT molecular complexity index is 797. The Labute approximate surface area is 152 Å². The average Bonchev–Trinajstić information content (AvgIpc) is 3.24. The van der Waals surface area contributed by atoms with Gasteiger partial charge in [-0.25, -0.2) is 0 Å². The number of nitrogens with zero attached hydrogens (tertiary/aromatic N) is 3. The molecule has 0 saturated heterocycles. The van der Waals surface area contributed by atoms with Crippen LogP contribution in [0.2, 0.25) is 0 Å². The third kappa shape index (κ3) is 4.34. The Morgan fingerprint density at radius 3 is 2.67 bits per heavy atom. The van der Waals surface area contributed by atoms with Gasteiger partial charge in [0, 0.05) is 36.0 Å². The zero-order valence-corrected chi connectivity index (χ0v) is 15.7. The van der Waals surface area contributed by atoms with E-state index in [1.54, 1.807) is 35.2 Å². The second-order valence-corrected chi connectivity index (χ2v) is 8.37. The predicted octanol–water partition coefficient (Wildman–Crippen LogP) is 4.21. The number of hydrogen-bond donors (Lipinski definition) is 1. The van der Waals surface area contributed by atoms with Crippen LogP contribution >= 0.6 is 34.4 Å². The third-order valence-electron chi connectivity index (χ3n) is 3.19. The van der Waals surface area contributed by atoms with Gasteiger partial charge in [0.1, 0.15) is 0 Å². The lowest BCUT2D eigenvalue weighted by Gasteiger charge is -2.12. The first kappa shape index (κ1) is 16.9. The normalized spacial score (nSPS) is 10.6. The van der Waals surface area contributed by atoms with Crippen LogP contribution in [0.4, 0.5) is 10.8 Å². The maximum absolute atomic E-state index is 12.3. The van der Waals surface area contributed by atoms with E-state index >= 15 is 0 Å². The summed E-state index contributed by atoms with van der Waals surface area (Å²) in [5, 5.41) is 13.5. The Hall–Kier alpha value is -1.90. The van der Waals surface area contributed by atoms with Crippen molar-refractivity contribution in [3.63, 3.8) is 0 Å². The molecule has 0 aliphatic carbocycles. The van der Waals surface area contributed by atoms with Gasteiger partial charge in [0.05, 0.1) is 0 Å². The van der Waals surface area contributed by atoms with Crippen molar-refractivity contribution in [2.45, 2.75) is 10.1 Å².